The minimum absolute atomic E-state index is 0.0538. The monoisotopic (exact) mass is 340 g/mol. The summed E-state index contributed by atoms with van der Waals surface area (Å²) in [5, 5.41) is 5.30. The Hall–Kier alpha value is -3.16. The van der Waals surface area contributed by atoms with Crippen LogP contribution < -0.4 is 5.56 Å². The predicted molar refractivity (Wildman–Crippen MR) is 87.0 cm³/mol. The Bertz CT molecular complexity index is 907. The largest absolute Gasteiger partial charge is 0.336 e. The molecule has 0 saturated heterocycles. The van der Waals surface area contributed by atoms with E-state index in [-0.39, 0.29) is 36.2 Å². The van der Waals surface area contributed by atoms with Crippen molar-refractivity contribution in [3.05, 3.63) is 57.0 Å². The molecule has 2 aliphatic rings. The quantitative estimate of drug-likeness (QED) is 0.782. The van der Waals surface area contributed by atoms with Gasteiger partial charge in [0.05, 0.1) is 23.4 Å². The molecule has 8 heteroatoms. The first-order chi connectivity index (χ1) is 12.1. The summed E-state index contributed by atoms with van der Waals surface area (Å²) in [5.41, 5.74) is 2.02. The number of amides is 3. The molecule has 2 aliphatic heterocycles. The molecule has 1 aromatic heterocycles. The maximum atomic E-state index is 12.4. The number of aromatic nitrogens is 2. The van der Waals surface area contributed by atoms with Crippen molar-refractivity contribution in [2.45, 2.75) is 19.4 Å². The van der Waals surface area contributed by atoms with Gasteiger partial charge in [0.2, 0.25) is 5.91 Å². The fourth-order valence-electron chi connectivity index (χ4n) is 3.36. The molecule has 0 atom stereocenters. The summed E-state index contributed by atoms with van der Waals surface area (Å²) in [6, 6.07) is 6.65. The molecule has 0 spiro atoms. The third-order valence-corrected chi connectivity index (χ3v) is 4.73. The summed E-state index contributed by atoms with van der Waals surface area (Å²) in [6.45, 7) is 0.835. The number of aromatic amines is 2. The lowest BCUT2D eigenvalue weighted by Crippen LogP contribution is -2.39. The Balaban J connectivity index is 1.41. The zero-order valence-electron chi connectivity index (χ0n) is 13.4. The molecule has 0 aliphatic carbocycles. The van der Waals surface area contributed by atoms with Gasteiger partial charge >= 0.3 is 0 Å². The highest BCUT2D eigenvalue weighted by molar-refractivity contribution is 6.21. The number of imide groups is 1. The molecule has 128 valence electrons. The summed E-state index contributed by atoms with van der Waals surface area (Å²) >= 11 is 0. The van der Waals surface area contributed by atoms with Crippen molar-refractivity contribution in [3.8, 4) is 0 Å². The minimum Gasteiger partial charge on any atom is -0.336 e. The topological polar surface area (TPSA) is 106 Å². The van der Waals surface area contributed by atoms with E-state index in [1.165, 1.54) is 0 Å². The molecule has 3 heterocycles. The Morgan fingerprint density at radius 3 is 2.40 bits per heavy atom. The number of hydrogen-bond acceptors (Lipinski definition) is 4. The second-order valence-corrected chi connectivity index (χ2v) is 6.16. The molecule has 4 rings (SSSR count). The van der Waals surface area contributed by atoms with Crippen molar-refractivity contribution in [1.82, 2.24) is 20.0 Å². The van der Waals surface area contributed by atoms with Crippen LogP contribution in [0.4, 0.5) is 0 Å². The summed E-state index contributed by atoms with van der Waals surface area (Å²) in [4.78, 5) is 51.3. The van der Waals surface area contributed by atoms with Crippen LogP contribution in [0.2, 0.25) is 0 Å². The number of nitrogens with one attached hydrogen (secondary N) is 2. The first kappa shape index (κ1) is 15.4. The van der Waals surface area contributed by atoms with Crippen LogP contribution in [0.25, 0.3) is 0 Å². The van der Waals surface area contributed by atoms with Gasteiger partial charge in [0.25, 0.3) is 17.4 Å². The average Bonchev–Trinajstić information content (AvgIpc) is 3.12. The SMILES string of the molecule is O=C(CCN1C(=O)c2ccccc2C1=O)N1CCc2c([nH][nH]c2=O)C1. The first-order valence-electron chi connectivity index (χ1n) is 8.07. The fraction of sp³-hybridized carbons (Fsp3) is 0.294. The van der Waals surface area contributed by atoms with Crippen LogP contribution in [0.15, 0.2) is 29.1 Å². The molecule has 8 nitrogen and oxygen atoms in total. The number of carbonyl (C=O) groups excluding carboxylic acids is 3. The Kier molecular flexibility index (Phi) is 3.52. The second kappa shape index (κ2) is 5.73. The van der Waals surface area contributed by atoms with Crippen LogP contribution in [0.5, 0.6) is 0 Å². The van der Waals surface area contributed by atoms with Gasteiger partial charge in [0.15, 0.2) is 0 Å². The molecule has 1 aromatic carbocycles. The number of hydrogen-bond donors (Lipinski definition) is 2. The number of nitrogens with zero attached hydrogens (tertiary/aromatic N) is 2. The zero-order chi connectivity index (χ0) is 17.6. The van der Waals surface area contributed by atoms with Gasteiger partial charge in [-0.2, -0.15) is 0 Å². The van der Waals surface area contributed by atoms with Crippen molar-refractivity contribution in [3.63, 3.8) is 0 Å². The van der Waals surface area contributed by atoms with Gasteiger partial charge in [-0.05, 0) is 18.6 Å². The van der Waals surface area contributed by atoms with E-state index in [4.69, 9.17) is 0 Å². The van der Waals surface area contributed by atoms with Gasteiger partial charge in [-0.3, -0.25) is 29.2 Å². The number of fused-ring (bicyclic) bond motifs is 2. The molecular weight excluding hydrogens is 324 g/mol. The van der Waals surface area contributed by atoms with E-state index in [2.05, 4.69) is 10.2 Å². The summed E-state index contributed by atoms with van der Waals surface area (Å²) in [5.74, 6) is -0.863. The van der Waals surface area contributed by atoms with E-state index in [0.29, 0.717) is 41.9 Å². The van der Waals surface area contributed by atoms with Crippen LogP contribution in [-0.2, 0) is 17.8 Å². The third-order valence-electron chi connectivity index (χ3n) is 4.73. The van der Waals surface area contributed by atoms with Crippen LogP contribution >= 0.6 is 0 Å². The molecule has 2 aromatic rings. The second-order valence-electron chi connectivity index (χ2n) is 6.16. The number of H-pyrrole nitrogens is 2. The molecule has 0 saturated carbocycles. The van der Waals surface area contributed by atoms with Crippen molar-refractivity contribution < 1.29 is 14.4 Å². The Morgan fingerprint density at radius 2 is 1.72 bits per heavy atom. The summed E-state index contributed by atoms with van der Waals surface area (Å²) in [6.07, 6.45) is 0.558. The number of carbonyl (C=O) groups is 3. The van der Waals surface area contributed by atoms with Gasteiger partial charge in [0.1, 0.15) is 0 Å². The van der Waals surface area contributed by atoms with Crippen LogP contribution in [0.1, 0.15) is 38.4 Å². The van der Waals surface area contributed by atoms with Crippen LogP contribution in [0.3, 0.4) is 0 Å². The molecular formula is C17H16N4O4. The molecule has 0 fully saturated rings. The van der Waals surface area contributed by atoms with Crippen molar-refractivity contribution in [1.29, 1.82) is 0 Å². The van der Waals surface area contributed by atoms with E-state index in [1.807, 2.05) is 0 Å². The van der Waals surface area contributed by atoms with Crippen LogP contribution in [-0.4, -0.2) is 50.8 Å². The maximum Gasteiger partial charge on any atom is 0.267 e. The van der Waals surface area contributed by atoms with E-state index in [9.17, 15) is 19.2 Å². The highest BCUT2D eigenvalue weighted by Gasteiger charge is 2.35. The highest BCUT2D eigenvalue weighted by Crippen LogP contribution is 2.23. The van der Waals surface area contributed by atoms with E-state index in [1.54, 1.807) is 29.2 Å². The number of benzene rings is 1. The fourth-order valence-corrected chi connectivity index (χ4v) is 3.36. The van der Waals surface area contributed by atoms with Crippen LogP contribution in [0, 0.1) is 0 Å². The maximum absolute atomic E-state index is 12.4. The van der Waals surface area contributed by atoms with Crippen molar-refractivity contribution >= 4 is 17.7 Å². The van der Waals surface area contributed by atoms with Crippen molar-refractivity contribution in [2.75, 3.05) is 13.1 Å². The summed E-state index contributed by atoms with van der Waals surface area (Å²) in [7, 11) is 0. The highest BCUT2D eigenvalue weighted by atomic mass is 16.2. The lowest BCUT2D eigenvalue weighted by atomic mass is 10.1. The lowest BCUT2D eigenvalue weighted by molar-refractivity contribution is -0.132. The molecule has 0 unspecified atom stereocenters. The predicted octanol–water partition coefficient (Wildman–Crippen LogP) is 0.274. The standard InChI is InChI=1S/C17H16N4O4/c22-14(20-7-5-12-13(9-20)18-19-15(12)23)6-8-21-16(24)10-3-1-2-4-11(10)17(21)25/h1-4H,5-9H2,(H2,18,19,23). The van der Waals surface area contributed by atoms with Gasteiger partial charge < -0.3 is 10.00 Å². The Morgan fingerprint density at radius 1 is 1.04 bits per heavy atom. The van der Waals surface area contributed by atoms with E-state index < -0.39 is 0 Å². The van der Waals surface area contributed by atoms with Gasteiger partial charge in [-0.25, -0.2) is 0 Å². The Labute approximate surface area is 142 Å². The molecule has 2 N–H and O–H groups in total. The lowest BCUT2D eigenvalue weighted by Gasteiger charge is -2.27. The first-order valence-corrected chi connectivity index (χ1v) is 8.07. The average molecular weight is 340 g/mol. The summed E-state index contributed by atoms with van der Waals surface area (Å²) < 4.78 is 0. The third kappa shape index (κ3) is 2.46. The van der Waals surface area contributed by atoms with E-state index in [0.717, 1.165) is 4.90 Å². The number of rotatable bonds is 3. The minimum atomic E-state index is -0.357. The molecule has 3 amide bonds. The smallest absolute Gasteiger partial charge is 0.267 e. The van der Waals surface area contributed by atoms with E-state index >= 15 is 0 Å². The normalized spacial score (nSPS) is 16.2. The molecule has 25 heavy (non-hydrogen) atoms. The molecule has 0 radical (unpaired) electrons. The molecule has 0 bridgehead atoms. The zero-order valence-corrected chi connectivity index (χ0v) is 13.4. The van der Waals surface area contributed by atoms with Gasteiger partial charge in [0, 0.05) is 25.1 Å². The van der Waals surface area contributed by atoms with Gasteiger partial charge in [-0.15, -0.1) is 0 Å². The van der Waals surface area contributed by atoms with Gasteiger partial charge in [-0.1, -0.05) is 12.1 Å². The van der Waals surface area contributed by atoms with Crippen molar-refractivity contribution in [2.24, 2.45) is 0 Å².